The molecule has 0 radical (unpaired) electrons. The van der Waals surface area contributed by atoms with E-state index in [2.05, 4.69) is 20.7 Å². The molecular weight excluding hydrogens is 280 g/mol. The summed E-state index contributed by atoms with van der Waals surface area (Å²) < 4.78 is 5.09. The van der Waals surface area contributed by atoms with Crippen LogP contribution in [0.25, 0.3) is 0 Å². The van der Waals surface area contributed by atoms with E-state index in [4.69, 9.17) is 4.74 Å². The zero-order valence-electron chi connectivity index (χ0n) is 12.4. The van der Waals surface area contributed by atoms with Crippen molar-refractivity contribution >= 4 is 12.1 Å². The minimum Gasteiger partial charge on any atom is -0.497 e. The Labute approximate surface area is 128 Å². The number of nitrogens with one attached hydrogen (secondary N) is 2. The van der Waals surface area contributed by atoms with Crippen molar-refractivity contribution in [2.45, 2.75) is 25.7 Å². The number of carbonyl (C=O) groups is 1. The average molecular weight is 298 g/mol. The summed E-state index contributed by atoms with van der Waals surface area (Å²) in [6.45, 7) is 0. The molecule has 0 spiro atoms. The quantitative estimate of drug-likeness (QED) is 0.670. The first-order valence-corrected chi connectivity index (χ1v) is 7.31. The maximum Gasteiger partial charge on any atom is 0.292 e. The summed E-state index contributed by atoms with van der Waals surface area (Å²) in [5.74, 6) is 0.508. The van der Waals surface area contributed by atoms with E-state index in [0.29, 0.717) is 5.69 Å². The molecule has 0 bridgehead atoms. The van der Waals surface area contributed by atoms with Gasteiger partial charge in [-0.15, -0.1) is 0 Å². The predicted molar refractivity (Wildman–Crippen MR) is 83.3 cm³/mol. The van der Waals surface area contributed by atoms with E-state index in [9.17, 15) is 4.79 Å². The minimum absolute atomic E-state index is 0.274. The van der Waals surface area contributed by atoms with Crippen molar-refractivity contribution in [1.82, 2.24) is 15.6 Å². The molecule has 2 N–H and O–H groups in total. The molecule has 1 aromatic carbocycles. The molecule has 0 aliphatic heterocycles. The number of aromatic nitrogens is 2. The van der Waals surface area contributed by atoms with E-state index in [1.807, 2.05) is 24.3 Å². The average Bonchev–Trinajstić information content (AvgIpc) is 2.99. The monoisotopic (exact) mass is 298 g/mol. The van der Waals surface area contributed by atoms with Crippen LogP contribution in [0.5, 0.6) is 5.75 Å². The molecule has 1 aliphatic rings. The van der Waals surface area contributed by atoms with Gasteiger partial charge in [0.2, 0.25) is 0 Å². The molecule has 1 amide bonds. The summed E-state index contributed by atoms with van der Waals surface area (Å²) in [5.41, 5.74) is 5.98. The molecule has 1 aromatic heterocycles. The second-order valence-electron chi connectivity index (χ2n) is 5.21. The fourth-order valence-electron chi connectivity index (χ4n) is 2.58. The third kappa shape index (κ3) is 3.00. The van der Waals surface area contributed by atoms with E-state index >= 15 is 0 Å². The third-order valence-electron chi connectivity index (χ3n) is 3.77. The molecule has 22 heavy (non-hydrogen) atoms. The number of carbonyl (C=O) groups excluding carboxylic acids is 1. The SMILES string of the molecule is COc1ccc(/C=N/NC(=O)c2n[nH]c3c2CCCC3)cc1. The van der Waals surface area contributed by atoms with E-state index in [1.165, 1.54) is 0 Å². The Bertz CT molecular complexity index is 689. The van der Waals surface area contributed by atoms with E-state index in [0.717, 1.165) is 48.3 Å². The van der Waals surface area contributed by atoms with Gasteiger partial charge in [0.15, 0.2) is 5.69 Å². The van der Waals surface area contributed by atoms with Gasteiger partial charge in [0.25, 0.3) is 5.91 Å². The first-order chi connectivity index (χ1) is 10.8. The number of rotatable bonds is 4. The molecule has 1 aliphatic carbocycles. The lowest BCUT2D eigenvalue weighted by Gasteiger charge is -2.10. The standard InChI is InChI=1S/C16H18N4O2/c1-22-12-8-6-11(7-9-12)10-17-20-16(21)15-13-4-2-3-5-14(13)18-19-15/h6-10H,2-5H2,1H3,(H,18,19)(H,20,21)/b17-10+. The van der Waals surface area contributed by atoms with Crippen LogP contribution in [0.4, 0.5) is 0 Å². The van der Waals surface area contributed by atoms with Gasteiger partial charge in [-0.25, -0.2) is 5.43 Å². The topological polar surface area (TPSA) is 79.4 Å². The Kier molecular flexibility index (Phi) is 4.18. The first-order valence-electron chi connectivity index (χ1n) is 7.31. The Morgan fingerprint density at radius 3 is 2.86 bits per heavy atom. The van der Waals surface area contributed by atoms with Crippen LogP contribution in [0.15, 0.2) is 29.4 Å². The third-order valence-corrected chi connectivity index (χ3v) is 3.77. The van der Waals surface area contributed by atoms with Crippen molar-refractivity contribution < 1.29 is 9.53 Å². The smallest absolute Gasteiger partial charge is 0.292 e. The number of ether oxygens (including phenoxy) is 1. The molecule has 3 rings (SSSR count). The summed E-state index contributed by atoms with van der Waals surface area (Å²) in [7, 11) is 1.62. The number of aromatic amines is 1. The van der Waals surface area contributed by atoms with Gasteiger partial charge in [0.05, 0.1) is 13.3 Å². The van der Waals surface area contributed by atoms with Crippen molar-refractivity contribution in [3.8, 4) is 5.75 Å². The van der Waals surface area contributed by atoms with Gasteiger partial charge < -0.3 is 4.74 Å². The van der Waals surface area contributed by atoms with Gasteiger partial charge in [-0.2, -0.15) is 10.2 Å². The van der Waals surface area contributed by atoms with Gasteiger partial charge in [-0.1, -0.05) is 0 Å². The predicted octanol–water partition coefficient (Wildman–Crippen LogP) is 2.06. The number of amides is 1. The summed E-state index contributed by atoms with van der Waals surface area (Å²) in [6, 6.07) is 7.41. The summed E-state index contributed by atoms with van der Waals surface area (Å²) in [4.78, 5) is 12.1. The summed E-state index contributed by atoms with van der Waals surface area (Å²) >= 11 is 0. The van der Waals surface area contributed by atoms with Crippen LogP contribution in [0.2, 0.25) is 0 Å². The van der Waals surface area contributed by atoms with Gasteiger partial charge in [0.1, 0.15) is 5.75 Å². The van der Waals surface area contributed by atoms with Crippen LogP contribution in [-0.2, 0) is 12.8 Å². The van der Waals surface area contributed by atoms with Crippen molar-refractivity contribution in [2.24, 2.45) is 5.10 Å². The maximum absolute atomic E-state index is 12.1. The second kappa shape index (κ2) is 6.43. The Balaban J connectivity index is 1.64. The molecule has 0 saturated carbocycles. The highest BCUT2D eigenvalue weighted by atomic mass is 16.5. The lowest BCUT2D eigenvalue weighted by Crippen LogP contribution is -2.20. The summed E-state index contributed by atoms with van der Waals surface area (Å²) in [6.07, 6.45) is 5.70. The first kappa shape index (κ1) is 14.3. The highest BCUT2D eigenvalue weighted by Crippen LogP contribution is 2.21. The number of benzene rings is 1. The minimum atomic E-state index is -0.274. The zero-order chi connectivity index (χ0) is 15.4. The van der Waals surface area contributed by atoms with E-state index in [-0.39, 0.29) is 5.91 Å². The fraction of sp³-hybridized carbons (Fsp3) is 0.312. The van der Waals surface area contributed by atoms with Gasteiger partial charge in [0, 0.05) is 11.3 Å². The molecule has 0 unspecified atom stereocenters. The van der Waals surface area contributed by atoms with Crippen LogP contribution < -0.4 is 10.2 Å². The van der Waals surface area contributed by atoms with Crippen LogP contribution in [-0.4, -0.2) is 29.4 Å². The second-order valence-corrected chi connectivity index (χ2v) is 5.21. The lowest BCUT2D eigenvalue weighted by molar-refractivity contribution is 0.0949. The van der Waals surface area contributed by atoms with Crippen LogP contribution in [0.3, 0.4) is 0 Å². The van der Waals surface area contributed by atoms with E-state index in [1.54, 1.807) is 13.3 Å². The number of methoxy groups -OCH3 is 1. The molecule has 0 fully saturated rings. The molecule has 0 saturated heterocycles. The normalized spacial score (nSPS) is 13.9. The maximum atomic E-state index is 12.1. The number of hydrogen-bond donors (Lipinski definition) is 2. The van der Waals surface area contributed by atoms with Crippen LogP contribution in [0, 0.1) is 0 Å². The molecular formula is C16H18N4O2. The number of fused-ring (bicyclic) bond motifs is 1. The van der Waals surface area contributed by atoms with Gasteiger partial charge in [-0.3, -0.25) is 9.89 Å². The Hall–Kier alpha value is -2.63. The number of hydrazone groups is 1. The van der Waals surface area contributed by atoms with Crippen molar-refractivity contribution in [2.75, 3.05) is 7.11 Å². The Morgan fingerprint density at radius 2 is 2.09 bits per heavy atom. The highest BCUT2D eigenvalue weighted by Gasteiger charge is 2.21. The number of nitrogens with zero attached hydrogens (tertiary/aromatic N) is 2. The van der Waals surface area contributed by atoms with Crippen LogP contribution in [0.1, 0.15) is 40.2 Å². The van der Waals surface area contributed by atoms with Gasteiger partial charge in [-0.05, 0) is 55.5 Å². The van der Waals surface area contributed by atoms with Crippen molar-refractivity contribution in [3.63, 3.8) is 0 Å². The fourth-order valence-corrected chi connectivity index (χ4v) is 2.58. The van der Waals surface area contributed by atoms with Gasteiger partial charge >= 0.3 is 0 Å². The molecule has 114 valence electrons. The largest absolute Gasteiger partial charge is 0.497 e. The molecule has 1 heterocycles. The molecule has 2 aromatic rings. The summed E-state index contributed by atoms with van der Waals surface area (Å²) in [5, 5.41) is 11.1. The van der Waals surface area contributed by atoms with Crippen molar-refractivity contribution in [1.29, 1.82) is 0 Å². The number of hydrogen-bond acceptors (Lipinski definition) is 4. The zero-order valence-corrected chi connectivity index (χ0v) is 12.4. The van der Waals surface area contributed by atoms with Crippen molar-refractivity contribution in [3.05, 3.63) is 46.8 Å². The van der Waals surface area contributed by atoms with E-state index < -0.39 is 0 Å². The molecule has 0 atom stereocenters. The number of H-pyrrole nitrogens is 1. The Morgan fingerprint density at radius 1 is 1.32 bits per heavy atom. The molecule has 6 heteroatoms. The highest BCUT2D eigenvalue weighted by molar-refractivity contribution is 5.94. The number of aryl methyl sites for hydroxylation is 1. The lowest BCUT2D eigenvalue weighted by atomic mass is 9.96. The molecule has 6 nitrogen and oxygen atoms in total. The van der Waals surface area contributed by atoms with Crippen LogP contribution >= 0.6 is 0 Å².